The lowest BCUT2D eigenvalue weighted by Gasteiger charge is -2.01. The molecule has 3 rings (SSSR count). The Kier molecular flexibility index (Phi) is 5.57. The minimum absolute atomic E-state index is 0.0233. The van der Waals surface area contributed by atoms with Gasteiger partial charge < -0.3 is 9.73 Å². The Bertz CT molecular complexity index is 985. The van der Waals surface area contributed by atoms with Gasteiger partial charge in [-0.05, 0) is 43.3 Å². The summed E-state index contributed by atoms with van der Waals surface area (Å²) in [7, 11) is 0. The smallest absolute Gasteiger partial charge is 0.314 e. The van der Waals surface area contributed by atoms with Gasteiger partial charge in [0.25, 0.3) is 11.8 Å². The highest BCUT2D eigenvalue weighted by Gasteiger charge is 2.16. The summed E-state index contributed by atoms with van der Waals surface area (Å²) in [6.45, 7) is 2.16. The van der Waals surface area contributed by atoms with Crippen LogP contribution in [0.25, 0.3) is 11.5 Å². The molecule has 0 atom stereocenters. The number of rotatable bonds is 4. The number of hydrogen-bond acceptors (Lipinski definition) is 4. The molecule has 7 heteroatoms. The number of nitrogens with one attached hydrogen (secondary N) is 1. The highest BCUT2D eigenvalue weighted by atomic mass is 19.3. The van der Waals surface area contributed by atoms with E-state index in [0.29, 0.717) is 16.7 Å². The minimum Gasteiger partial charge on any atom is -0.415 e. The highest BCUT2D eigenvalue weighted by molar-refractivity contribution is 5.94. The minimum atomic E-state index is -2.80. The topological polar surface area (TPSA) is 68.0 Å². The summed E-state index contributed by atoms with van der Waals surface area (Å²) in [5, 5.41) is 9.60. The monoisotopic (exact) mass is 367 g/mol. The third-order valence-corrected chi connectivity index (χ3v) is 3.64. The lowest BCUT2D eigenvalue weighted by molar-refractivity contribution is 0.0958. The van der Waals surface area contributed by atoms with Crippen molar-refractivity contribution < 1.29 is 18.0 Å². The Labute approximate surface area is 154 Å². The second kappa shape index (κ2) is 8.23. The van der Waals surface area contributed by atoms with Crippen LogP contribution in [0, 0.1) is 18.8 Å². The van der Waals surface area contributed by atoms with Crippen molar-refractivity contribution in [2.75, 3.05) is 6.54 Å². The van der Waals surface area contributed by atoms with Gasteiger partial charge in [-0.25, -0.2) is 0 Å². The van der Waals surface area contributed by atoms with Gasteiger partial charge in [0, 0.05) is 16.7 Å². The molecule has 0 aliphatic rings. The number of carbonyl (C=O) groups excluding carboxylic acids is 1. The zero-order valence-electron chi connectivity index (χ0n) is 14.4. The van der Waals surface area contributed by atoms with Gasteiger partial charge >= 0.3 is 6.43 Å². The summed E-state index contributed by atoms with van der Waals surface area (Å²) >= 11 is 0. The maximum atomic E-state index is 12.5. The van der Waals surface area contributed by atoms with Gasteiger partial charge in [0.2, 0.25) is 5.89 Å². The van der Waals surface area contributed by atoms with E-state index < -0.39 is 12.3 Å². The van der Waals surface area contributed by atoms with Crippen LogP contribution >= 0.6 is 0 Å². The van der Waals surface area contributed by atoms with Crippen LogP contribution < -0.4 is 5.32 Å². The van der Waals surface area contributed by atoms with E-state index >= 15 is 0 Å². The molecule has 1 amide bonds. The summed E-state index contributed by atoms with van der Waals surface area (Å²) in [5.41, 5.74) is 2.89. The summed E-state index contributed by atoms with van der Waals surface area (Å²) in [4.78, 5) is 12.0. The first-order valence-electron chi connectivity index (χ1n) is 8.08. The lowest BCUT2D eigenvalue weighted by Crippen LogP contribution is -2.23. The number of alkyl halides is 2. The lowest BCUT2D eigenvalue weighted by atomic mass is 10.1. The SMILES string of the molecule is Cc1ccc(C(=O)NCC#Cc2ccc(-c3nnc(C(F)F)o3)cc2)cc1. The number of halogens is 2. The fourth-order valence-electron chi connectivity index (χ4n) is 2.21. The molecule has 2 aromatic carbocycles. The maximum absolute atomic E-state index is 12.5. The predicted octanol–water partition coefficient (Wildman–Crippen LogP) is 3.76. The van der Waals surface area contributed by atoms with Gasteiger partial charge in [-0.3, -0.25) is 4.79 Å². The van der Waals surface area contributed by atoms with E-state index in [1.165, 1.54) is 0 Å². The van der Waals surface area contributed by atoms with Crippen molar-refractivity contribution in [3.05, 3.63) is 71.1 Å². The molecule has 0 bridgehead atoms. The maximum Gasteiger partial charge on any atom is 0.314 e. The average molecular weight is 367 g/mol. The average Bonchev–Trinajstić information content (AvgIpc) is 3.17. The Morgan fingerprint density at radius 2 is 1.81 bits per heavy atom. The molecule has 3 aromatic rings. The van der Waals surface area contributed by atoms with Gasteiger partial charge in [-0.15, -0.1) is 10.2 Å². The Morgan fingerprint density at radius 1 is 1.11 bits per heavy atom. The van der Waals surface area contributed by atoms with Crippen molar-refractivity contribution in [2.24, 2.45) is 0 Å². The molecule has 0 aliphatic heterocycles. The summed E-state index contributed by atoms with van der Waals surface area (Å²) in [6.07, 6.45) is -2.80. The van der Waals surface area contributed by atoms with E-state index in [2.05, 4.69) is 27.4 Å². The molecular weight excluding hydrogens is 352 g/mol. The quantitative estimate of drug-likeness (QED) is 0.713. The standard InChI is InChI=1S/C20H15F2N3O2/c1-13-4-8-15(9-5-13)18(26)23-12-2-3-14-6-10-16(11-7-14)19-24-25-20(27-19)17(21)22/h4-11,17H,12H2,1H3,(H,23,26). The predicted molar refractivity (Wildman–Crippen MR) is 95.1 cm³/mol. The first-order valence-corrected chi connectivity index (χ1v) is 8.08. The molecule has 27 heavy (non-hydrogen) atoms. The molecule has 1 aromatic heterocycles. The first kappa shape index (κ1) is 18.3. The second-order valence-corrected chi connectivity index (χ2v) is 5.67. The molecule has 5 nitrogen and oxygen atoms in total. The number of hydrogen-bond donors (Lipinski definition) is 1. The van der Waals surface area contributed by atoms with Crippen LogP contribution in [0.1, 0.15) is 33.8 Å². The number of nitrogens with zero attached hydrogens (tertiary/aromatic N) is 2. The molecule has 0 saturated heterocycles. The number of aryl methyl sites for hydroxylation is 1. The molecule has 136 valence electrons. The van der Waals surface area contributed by atoms with Crippen molar-refractivity contribution in [3.8, 4) is 23.3 Å². The fraction of sp³-hybridized carbons (Fsp3) is 0.150. The molecule has 1 heterocycles. The number of amides is 1. The van der Waals surface area contributed by atoms with E-state index in [4.69, 9.17) is 4.42 Å². The summed E-state index contributed by atoms with van der Waals surface area (Å²) in [5.74, 6) is 4.90. The Morgan fingerprint density at radius 3 is 2.44 bits per heavy atom. The number of aromatic nitrogens is 2. The van der Waals surface area contributed by atoms with Gasteiger partial charge in [0.1, 0.15) is 0 Å². The van der Waals surface area contributed by atoms with Crippen LogP contribution in [0.4, 0.5) is 8.78 Å². The van der Waals surface area contributed by atoms with Crippen LogP contribution in [0.3, 0.4) is 0 Å². The van der Waals surface area contributed by atoms with Crippen LogP contribution in [-0.2, 0) is 0 Å². The zero-order chi connectivity index (χ0) is 19.2. The molecule has 0 aliphatic carbocycles. The van der Waals surface area contributed by atoms with E-state index in [1.54, 1.807) is 36.4 Å². The van der Waals surface area contributed by atoms with Gasteiger partial charge in [-0.2, -0.15) is 8.78 Å². The summed E-state index contributed by atoms with van der Waals surface area (Å²) < 4.78 is 29.8. The zero-order valence-corrected chi connectivity index (χ0v) is 14.4. The van der Waals surface area contributed by atoms with Gasteiger partial charge in [0.15, 0.2) is 0 Å². The molecular formula is C20H15F2N3O2. The second-order valence-electron chi connectivity index (χ2n) is 5.67. The fourth-order valence-corrected chi connectivity index (χ4v) is 2.21. The molecule has 0 fully saturated rings. The van der Waals surface area contributed by atoms with E-state index in [9.17, 15) is 13.6 Å². The van der Waals surface area contributed by atoms with Gasteiger partial charge in [0.05, 0.1) is 6.54 Å². The summed E-state index contributed by atoms with van der Waals surface area (Å²) in [6, 6.07) is 14.0. The van der Waals surface area contributed by atoms with Crippen LogP contribution in [0.5, 0.6) is 0 Å². The van der Waals surface area contributed by atoms with Crippen molar-refractivity contribution in [1.82, 2.24) is 15.5 Å². The molecule has 0 unspecified atom stereocenters. The largest absolute Gasteiger partial charge is 0.415 e. The highest BCUT2D eigenvalue weighted by Crippen LogP contribution is 2.23. The first-order chi connectivity index (χ1) is 13.0. The van der Waals surface area contributed by atoms with Crippen LogP contribution in [-0.4, -0.2) is 22.6 Å². The van der Waals surface area contributed by atoms with Crippen molar-refractivity contribution >= 4 is 5.91 Å². The van der Waals surface area contributed by atoms with Crippen molar-refractivity contribution in [3.63, 3.8) is 0 Å². The Balaban J connectivity index is 1.57. The third kappa shape index (κ3) is 4.76. The normalized spacial score (nSPS) is 10.4. The van der Waals surface area contributed by atoms with Crippen molar-refractivity contribution in [1.29, 1.82) is 0 Å². The third-order valence-electron chi connectivity index (χ3n) is 3.64. The number of carbonyl (C=O) groups is 1. The molecule has 0 spiro atoms. The van der Waals surface area contributed by atoms with Gasteiger partial charge in [-0.1, -0.05) is 29.5 Å². The molecule has 1 N–H and O–H groups in total. The molecule has 0 radical (unpaired) electrons. The van der Waals surface area contributed by atoms with E-state index in [1.807, 2.05) is 19.1 Å². The Hall–Kier alpha value is -3.53. The number of benzene rings is 2. The van der Waals surface area contributed by atoms with Crippen LogP contribution in [0.2, 0.25) is 0 Å². The van der Waals surface area contributed by atoms with Crippen LogP contribution in [0.15, 0.2) is 52.9 Å². The van der Waals surface area contributed by atoms with E-state index in [-0.39, 0.29) is 18.3 Å². The molecule has 0 saturated carbocycles. The van der Waals surface area contributed by atoms with Crippen molar-refractivity contribution in [2.45, 2.75) is 13.3 Å². The van der Waals surface area contributed by atoms with E-state index in [0.717, 1.165) is 5.56 Å².